The number of alkyl halides is 3. The fraction of sp³-hybridized carbons (Fsp3) is 0.483. The van der Waals surface area contributed by atoms with Gasteiger partial charge in [0.15, 0.2) is 5.82 Å². The number of amides is 1. The summed E-state index contributed by atoms with van der Waals surface area (Å²) >= 11 is 0. The Morgan fingerprint density at radius 2 is 1.81 bits per heavy atom. The number of ether oxygens (including phenoxy) is 2. The van der Waals surface area contributed by atoms with Crippen LogP contribution in [0.2, 0.25) is 0 Å². The van der Waals surface area contributed by atoms with Gasteiger partial charge in [0.2, 0.25) is 0 Å². The van der Waals surface area contributed by atoms with Crippen LogP contribution in [0, 0.1) is 6.92 Å². The Kier molecular flexibility index (Phi) is 8.60. The molecule has 0 bridgehead atoms. The second-order valence-electron chi connectivity index (χ2n) is 10.5. The summed E-state index contributed by atoms with van der Waals surface area (Å²) in [5.74, 6) is -0.598. The van der Waals surface area contributed by atoms with Crippen molar-refractivity contribution in [2.75, 3.05) is 38.2 Å². The van der Waals surface area contributed by atoms with Crippen LogP contribution in [0.4, 0.5) is 18.9 Å². The molecule has 0 unspecified atom stereocenters. The predicted molar refractivity (Wildman–Crippen MR) is 146 cm³/mol. The molecule has 1 saturated heterocycles. The SMILES string of the molecule is CCOC(=O)[C@]1(c2ccc(NC(=O)c3cnn(-c4ccc(C(F)(F)F)cn4)c3C)cn2)CC[C@H](N2CCOCC2)CC1. The third kappa shape index (κ3) is 6.02. The van der Waals surface area contributed by atoms with Gasteiger partial charge in [0.25, 0.3) is 5.91 Å². The highest BCUT2D eigenvalue weighted by molar-refractivity contribution is 6.04. The lowest BCUT2D eigenvalue weighted by Crippen LogP contribution is -2.49. The highest BCUT2D eigenvalue weighted by Crippen LogP contribution is 2.41. The van der Waals surface area contributed by atoms with Crippen LogP contribution >= 0.6 is 0 Å². The van der Waals surface area contributed by atoms with Gasteiger partial charge < -0.3 is 14.8 Å². The number of nitrogens with one attached hydrogen (secondary N) is 1. The molecule has 2 fully saturated rings. The van der Waals surface area contributed by atoms with Gasteiger partial charge in [-0.1, -0.05) is 0 Å². The molecule has 0 radical (unpaired) electrons. The number of rotatable bonds is 7. The van der Waals surface area contributed by atoms with Crippen molar-refractivity contribution >= 4 is 17.6 Å². The van der Waals surface area contributed by atoms with Crippen molar-refractivity contribution in [2.24, 2.45) is 0 Å². The van der Waals surface area contributed by atoms with Crippen LogP contribution in [0.1, 0.15) is 59.9 Å². The van der Waals surface area contributed by atoms with E-state index >= 15 is 0 Å². The number of aromatic nitrogens is 4. The Morgan fingerprint density at radius 3 is 2.40 bits per heavy atom. The van der Waals surface area contributed by atoms with Gasteiger partial charge in [-0.25, -0.2) is 9.67 Å². The highest BCUT2D eigenvalue weighted by atomic mass is 19.4. The van der Waals surface area contributed by atoms with Crippen molar-refractivity contribution in [3.63, 3.8) is 0 Å². The first-order valence-corrected chi connectivity index (χ1v) is 14.0. The van der Waals surface area contributed by atoms with Crippen LogP contribution in [0.3, 0.4) is 0 Å². The lowest BCUT2D eigenvalue weighted by Gasteiger charge is -2.42. The summed E-state index contributed by atoms with van der Waals surface area (Å²) in [6.07, 6.45) is 1.98. The fourth-order valence-corrected chi connectivity index (χ4v) is 5.73. The summed E-state index contributed by atoms with van der Waals surface area (Å²) in [6.45, 7) is 6.91. The van der Waals surface area contributed by atoms with Gasteiger partial charge >= 0.3 is 12.1 Å². The van der Waals surface area contributed by atoms with Crippen molar-refractivity contribution in [3.8, 4) is 5.82 Å². The van der Waals surface area contributed by atoms with Gasteiger partial charge in [-0.15, -0.1) is 0 Å². The molecule has 1 aliphatic carbocycles. The molecular weight excluding hydrogens is 553 g/mol. The Labute approximate surface area is 241 Å². The summed E-state index contributed by atoms with van der Waals surface area (Å²) in [6, 6.07) is 5.95. The first-order valence-electron chi connectivity index (χ1n) is 14.0. The first-order chi connectivity index (χ1) is 20.1. The molecule has 10 nitrogen and oxygen atoms in total. The molecule has 0 aromatic carbocycles. The topological polar surface area (TPSA) is 111 Å². The molecule has 3 aromatic heterocycles. The first kappa shape index (κ1) is 29.6. The second-order valence-corrected chi connectivity index (χ2v) is 10.5. The lowest BCUT2D eigenvalue weighted by molar-refractivity contribution is -0.152. The molecule has 5 rings (SSSR count). The van der Waals surface area contributed by atoms with E-state index < -0.39 is 23.1 Å². The average molecular weight is 587 g/mol. The van der Waals surface area contributed by atoms with E-state index in [9.17, 15) is 22.8 Å². The zero-order valence-corrected chi connectivity index (χ0v) is 23.5. The second kappa shape index (κ2) is 12.2. The molecule has 1 saturated carbocycles. The molecule has 1 N–H and O–H groups in total. The molecule has 4 heterocycles. The fourth-order valence-electron chi connectivity index (χ4n) is 5.73. The molecule has 13 heteroatoms. The molecule has 3 aromatic rings. The van der Waals surface area contributed by atoms with E-state index in [1.165, 1.54) is 23.1 Å². The summed E-state index contributed by atoms with van der Waals surface area (Å²) in [5, 5.41) is 6.92. The van der Waals surface area contributed by atoms with Crippen LogP contribution in [0.5, 0.6) is 0 Å². The molecule has 42 heavy (non-hydrogen) atoms. The monoisotopic (exact) mass is 586 g/mol. The number of morpholine rings is 1. The van der Waals surface area contributed by atoms with Crippen molar-refractivity contribution in [3.05, 3.63) is 65.4 Å². The largest absolute Gasteiger partial charge is 0.465 e. The van der Waals surface area contributed by atoms with Gasteiger partial charge in [0.1, 0.15) is 5.41 Å². The minimum atomic E-state index is -4.50. The van der Waals surface area contributed by atoms with Gasteiger partial charge in [0, 0.05) is 25.3 Å². The zero-order chi connectivity index (χ0) is 29.9. The molecule has 0 spiro atoms. The minimum Gasteiger partial charge on any atom is -0.465 e. The summed E-state index contributed by atoms with van der Waals surface area (Å²) in [7, 11) is 0. The van der Waals surface area contributed by atoms with Crippen molar-refractivity contribution in [1.29, 1.82) is 0 Å². The standard InChI is InChI=1S/C29H33F3N6O4/c1-3-42-27(40)28(10-8-22(9-11-28)37-12-14-41-15-13-37)24-6-5-21(17-33-24)36-26(39)23-18-35-38(19(23)2)25-7-4-20(16-34-25)29(30,31)32/h4-7,16-18,22H,3,8-15H2,1-2H3,(H,36,39)/t22-,28+. The van der Waals surface area contributed by atoms with Gasteiger partial charge in [-0.3, -0.25) is 19.5 Å². The van der Waals surface area contributed by atoms with E-state index in [1.807, 2.05) is 0 Å². The van der Waals surface area contributed by atoms with Crippen LogP contribution in [0.25, 0.3) is 5.82 Å². The number of esters is 1. The highest BCUT2D eigenvalue weighted by Gasteiger charge is 2.46. The predicted octanol–water partition coefficient (Wildman–Crippen LogP) is 4.32. The van der Waals surface area contributed by atoms with Gasteiger partial charge in [0.05, 0.1) is 60.4 Å². The van der Waals surface area contributed by atoms with Crippen LogP contribution in [-0.4, -0.2) is 75.5 Å². The normalized spacial score (nSPS) is 21.6. The number of hydrogen-bond acceptors (Lipinski definition) is 8. The van der Waals surface area contributed by atoms with Gasteiger partial charge in [-0.2, -0.15) is 18.3 Å². The summed E-state index contributed by atoms with van der Waals surface area (Å²) in [5.41, 5.74) is -0.0673. The molecule has 224 valence electrons. The third-order valence-corrected chi connectivity index (χ3v) is 8.10. The summed E-state index contributed by atoms with van der Waals surface area (Å²) < 4.78 is 50.9. The van der Waals surface area contributed by atoms with E-state index in [-0.39, 0.29) is 24.0 Å². The molecule has 0 atom stereocenters. The number of hydrogen-bond donors (Lipinski definition) is 1. The van der Waals surface area contributed by atoms with Crippen molar-refractivity contribution in [1.82, 2.24) is 24.6 Å². The van der Waals surface area contributed by atoms with E-state index in [1.54, 1.807) is 26.0 Å². The maximum absolute atomic E-state index is 13.2. The van der Waals surface area contributed by atoms with Crippen molar-refractivity contribution < 1.29 is 32.2 Å². The van der Waals surface area contributed by atoms with E-state index in [0.717, 1.165) is 51.4 Å². The maximum atomic E-state index is 13.2. The molecule has 1 amide bonds. The van der Waals surface area contributed by atoms with Crippen LogP contribution in [-0.2, 0) is 25.9 Å². The third-order valence-electron chi connectivity index (χ3n) is 8.10. The lowest BCUT2D eigenvalue weighted by atomic mass is 9.69. The zero-order valence-electron chi connectivity index (χ0n) is 23.5. The summed E-state index contributed by atoms with van der Waals surface area (Å²) in [4.78, 5) is 37.2. The molecule has 1 aliphatic heterocycles. The Balaban J connectivity index is 1.29. The molecular formula is C29H33F3N6O4. The average Bonchev–Trinajstić information content (AvgIpc) is 3.39. The van der Waals surface area contributed by atoms with E-state index in [0.29, 0.717) is 36.0 Å². The minimum absolute atomic E-state index is 0.151. The number of nitrogens with zero attached hydrogens (tertiary/aromatic N) is 5. The number of carbonyl (C=O) groups is 2. The maximum Gasteiger partial charge on any atom is 0.417 e. The number of anilines is 1. The number of pyridine rings is 2. The van der Waals surface area contributed by atoms with Gasteiger partial charge in [-0.05, 0) is 63.8 Å². The number of halogens is 3. The smallest absolute Gasteiger partial charge is 0.417 e. The van der Waals surface area contributed by atoms with E-state index in [2.05, 4.69) is 25.3 Å². The van der Waals surface area contributed by atoms with Crippen LogP contribution in [0.15, 0.2) is 42.9 Å². The Morgan fingerprint density at radius 1 is 1.07 bits per heavy atom. The van der Waals surface area contributed by atoms with Crippen LogP contribution < -0.4 is 5.32 Å². The van der Waals surface area contributed by atoms with E-state index in [4.69, 9.17) is 9.47 Å². The number of carbonyl (C=O) groups excluding carboxylic acids is 2. The molecule has 2 aliphatic rings. The Bertz CT molecular complexity index is 1390. The van der Waals surface area contributed by atoms with Crippen molar-refractivity contribution in [2.45, 2.75) is 57.2 Å². The quantitative estimate of drug-likeness (QED) is 0.408. The Hall–Kier alpha value is -3.84.